The first kappa shape index (κ1) is 13.2. The second-order valence-corrected chi connectivity index (χ2v) is 5.25. The first-order valence-electron chi connectivity index (χ1n) is 7.29. The summed E-state index contributed by atoms with van der Waals surface area (Å²) in [5, 5.41) is 4.62. The number of carbonyl (C=O) groups excluding carboxylic acids is 1. The fourth-order valence-corrected chi connectivity index (χ4v) is 2.62. The Labute approximate surface area is 118 Å². The van der Waals surface area contributed by atoms with Gasteiger partial charge in [0.05, 0.1) is 6.61 Å². The van der Waals surface area contributed by atoms with E-state index in [-0.39, 0.29) is 5.97 Å². The van der Waals surface area contributed by atoms with Crippen molar-refractivity contribution in [2.45, 2.75) is 38.8 Å². The highest BCUT2D eigenvalue weighted by Gasteiger charge is 2.21. The van der Waals surface area contributed by atoms with Gasteiger partial charge < -0.3 is 15.0 Å². The first-order valence-corrected chi connectivity index (χ1v) is 7.29. The van der Waals surface area contributed by atoms with Crippen LogP contribution < -0.4 is 5.32 Å². The van der Waals surface area contributed by atoms with Gasteiger partial charge in [-0.1, -0.05) is 24.6 Å². The van der Waals surface area contributed by atoms with E-state index in [0.29, 0.717) is 24.9 Å². The molecule has 0 spiro atoms. The number of para-hydroxylation sites is 1. The molecule has 3 rings (SSSR count). The van der Waals surface area contributed by atoms with Gasteiger partial charge in [0.1, 0.15) is 5.69 Å². The lowest BCUT2D eigenvalue weighted by molar-refractivity contribution is 0.0519. The third-order valence-electron chi connectivity index (χ3n) is 3.97. The molecule has 0 radical (unpaired) electrons. The standard InChI is InChI=1S/C16H20N2O2/c1-2-20-16(19)15-13(10-17-11-6-5-7-11)12-8-3-4-9-14(12)18-15/h3-4,8-9,11,17-18H,2,5-7,10H2,1H3. The molecule has 1 fully saturated rings. The normalized spacial score (nSPS) is 15.2. The van der Waals surface area contributed by atoms with Crippen LogP contribution in [0.25, 0.3) is 10.9 Å². The highest BCUT2D eigenvalue weighted by atomic mass is 16.5. The summed E-state index contributed by atoms with van der Waals surface area (Å²) in [5.74, 6) is -0.269. The number of benzene rings is 1. The number of aromatic nitrogens is 1. The highest BCUT2D eigenvalue weighted by Crippen LogP contribution is 2.25. The zero-order valence-corrected chi connectivity index (χ0v) is 11.7. The lowest BCUT2D eigenvalue weighted by Gasteiger charge is -2.26. The van der Waals surface area contributed by atoms with Crippen LogP contribution in [0.1, 0.15) is 42.2 Å². The number of aromatic amines is 1. The minimum atomic E-state index is -0.269. The van der Waals surface area contributed by atoms with Gasteiger partial charge in [0, 0.05) is 29.1 Å². The summed E-state index contributed by atoms with van der Waals surface area (Å²) in [5.41, 5.74) is 2.59. The smallest absolute Gasteiger partial charge is 0.355 e. The molecule has 0 saturated heterocycles. The molecule has 1 aromatic carbocycles. The van der Waals surface area contributed by atoms with Crippen molar-refractivity contribution in [3.63, 3.8) is 0 Å². The molecule has 0 amide bonds. The number of esters is 1. The Kier molecular flexibility index (Phi) is 3.74. The van der Waals surface area contributed by atoms with Crippen LogP contribution in [0, 0.1) is 0 Å². The molecule has 20 heavy (non-hydrogen) atoms. The van der Waals surface area contributed by atoms with Crippen LogP contribution in [0.15, 0.2) is 24.3 Å². The third-order valence-corrected chi connectivity index (χ3v) is 3.97. The molecule has 2 N–H and O–H groups in total. The molecule has 0 atom stereocenters. The first-order chi connectivity index (χ1) is 9.79. The fourth-order valence-electron chi connectivity index (χ4n) is 2.62. The van der Waals surface area contributed by atoms with Crippen LogP contribution in [0.5, 0.6) is 0 Å². The van der Waals surface area contributed by atoms with Crippen LogP contribution in [-0.4, -0.2) is 23.6 Å². The van der Waals surface area contributed by atoms with Crippen molar-refractivity contribution in [1.29, 1.82) is 0 Å². The quantitative estimate of drug-likeness (QED) is 0.823. The zero-order chi connectivity index (χ0) is 13.9. The maximum atomic E-state index is 12.1. The molecule has 0 aliphatic heterocycles. The molecule has 1 aliphatic rings. The van der Waals surface area contributed by atoms with E-state index in [1.165, 1.54) is 19.3 Å². The van der Waals surface area contributed by atoms with Gasteiger partial charge in [0.2, 0.25) is 0 Å². The molecular formula is C16H20N2O2. The number of hydrogen-bond acceptors (Lipinski definition) is 3. The summed E-state index contributed by atoms with van der Waals surface area (Å²) in [6.45, 7) is 2.93. The SMILES string of the molecule is CCOC(=O)c1[nH]c2ccccc2c1CNC1CCC1. The Balaban J connectivity index is 1.91. The monoisotopic (exact) mass is 272 g/mol. The van der Waals surface area contributed by atoms with E-state index in [1.807, 2.05) is 31.2 Å². The minimum absolute atomic E-state index is 0.269. The average molecular weight is 272 g/mol. The van der Waals surface area contributed by atoms with Gasteiger partial charge in [-0.3, -0.25) is 0 Å². The molecule has 1 aliphatic carbocycles. The maximum Gasteiger partial charge on any atom is 0.355 e. The van der Waals surface area contributed by atoms with E-state index in [9.17, 15) is 4.79 Å². The Morgan fingerprint density at radius 3 is 2.90 bits per heavy atom. The van der Waals surface area contributed by atoms with E-state index in [2.05, 4.69) is 10.3 Å². The van der Waals surface area contributed by atoms with E-state index >= 15 is 0 Å². The minimum Gasteiger partial charge on any atom is -0.461 e. The second kappa shape index (κ2) is 5.67. The number of fused-ring (bicyclic) bond motifs is 1. The van der Waals surface area contributed by atoms with Crippen molar-refractivity contribution < 1.29 is 9.53 Å². The van der Waals surface area contributed by atoms with E-state index in [4.69, 9.17) is 4.74 Å². The number of hydrogen-bond donors (Lipinski definition) is 2. The van der Waals surface area contributed by atoms with Gasteiger partial charge in [0.15, 0.2) is 0 Å². The summed E-state index contributed by atoms with van der Waals surface area (Å²) in [6.07, 6.45) is 3.77. The summed E-state index contributed by atoms with van der Waals surface area (Å²) >= 11 is 0. The number of ether oxygens (including phenoxy) is 1. The van der Waals surface area contributed by atoms with Crippen molar-refractivity contribution >= 4 is 16.9 Å². The summed E-state index contributed by atoms with van der Waals surface area (Å²) < 4.78 is 5.15. The maximum absolute atomic E-state index is 12.1. The van der Waals surface area contributed by atoms with Gasteiger partial charge in [-0.15, -0.1) is 0 Å². The van der Waals surface area contributed by atoms with Crippen LogP contribution in [0.3, 0.4) is 0 Å². The van der Waals surface area contributed by atoms with Gasteiger partial charge in [0.25, 0.3) is 0 Å². The molecule has 4 nitrogen and oxygen atoms in total. The Bertz CT molecular complexity index is 614. The summed E-state index contributed by atoms with van der Waals surface area (Å²) in [6, 6.07) is 8.60. The van der Waals surface area contributed by atoms with Crippen molar-refractivity contribution in [3.05, 3.63) is 35.5 Å². The van der Waals surface area contributed by atoms with Crippen LogP contribution in [0.2, 0.25) is 0 Å². The Morgan fingerprint density at radius 1 is 1.40 bits per heavy atom. The molecule has 2 aromatic rings. The largest absolute Gasteiger partial charge is 0.461 e. The van der Waals surface area contributed by atoms with Crippen molar-refractivity contribution in [3.8, 4) is 0 Å². The van der Waals surface area contributed by atoms with Crippen molar-refractivity contribution in [2.75, 3.05) is 6.61 Å². The highest BCUT2D eigenvalue weighted by molar-refractivity contribution is 5.98. The number of rotatable bonds is 5. The summed E-state index contributed by atoms with van der Waals surface area (Å²) in [7, 11) is 0. The van der Waals surface area contributed by atoms with Gasteiger partial charge in [-0.25, -0.2) is 4.79 Å². The van der Waals surface area contributed by atoms with Crippen molar-refractivity contribution in [1.82, 2.24) is 10.3 Å². The predicted octanol–water partition coefficient (Wildman–Crippen LogP) is 2.99. The zero-order valence-electron chi connectivity index (χ0n) is 11.7. The fraction of sp³-hybridized carbons (Fsp3) is 0.438. The number of nitrogens with one attached hydrogen (secondary N) is 2. The summed E-state index contributed by atoms with van der Waals surface area (Å²) in [4.78, 5) is 15.3. The average Bonchev–Trinajstić information content (AvgIpc) is 2.76. The van der Waals surface area contributed by atoms with Crippen LogP contribution in [0.4, 0.5) is 0 Å². The predicted molar refractivity (Wildman–Crippen MR) is 78.7 cm³/mol. The van der Waals surface area contributed by atoms with Crippen LogP contribution in [-0.2, 0) is 11.3 Å². The molecule has 0 unspecified atom stereocenters. The van der Waals surface area contributed by atoms with Gasteiger partial charge >= 0.3 is 5.97 Å². The molecule has 1 saturated carbocycles. The molecule has 1 aromatic heterocycles. The number of H-pyrrole nitrogens is 1. The Hall–Kier alpha value is -1.81. The lowest BCUT2D eigenvalue weighted by Crippen LogP contribution is -2.34. The molecule has 1 heterocycles. The Morgan fingerprint density at radius 2 is 2.20 bits per heavy atom. The second-order valence-electron chi connectivity index (χ2n) is 5.25. The third kappa shape index (κ3) is 2.43. The van der Waals surface area contributed by atoms with Crippen molar-refractivity contribution in [2.24, 2.45) is 0 Å². The van der Waals surface area contributed by atoms with Crippen LogP contribution >= 0.6 is 0 Å². The molecule has 106 valence electrons. The molecule has 4 heteroatoms. The lowest BCUT2D eigenvalue weighted by atomic mass is 9.93. The topological polar surface area (TPSA) is 54.1 Å². The molecule has 0 bridgehead atoms. The van der Waals surface area contributed by atoms with E-state index < -0.39 is 0 Å². The van der Waals surface area contributed by atoms with Gasteiger partial charge in [-0.2, -0.15) is 0 Å². The van der Waals surface area contributed by atoms with E-state index in [1.54, 1.807) is 0 Å². The molecular weight excluding hydrogens is 252 g/mol. The van der Waals surface area contributed by atoms with E-state index in [0.717, 1.165) is 16.5 Å². The van der Waals surface area contributed by atoms with Gasteiger partial charge in [-0.05, 0) is 25.8 Å². The number of carbonyl (C=O) groups is 1.